The van der Waals surface area contributed by atoms with Gasteiger partial charge in [-0.05, 0) is 6.08 Å². The van der Waals surface area contributed by atoms with E-state index in [4.69, 9.17) is 14.2 Å². The van der Waals surface area contributed by atoms with E-state index in [2.05, 4.69) is 6.58 Å². The molecule has 1 aliphatic rings. The maximum Gasteiger partial charge on any atom is 0.509 e. The summed E-state index contributed by atoms with van der Waals surface area (Å²) in [7, 11) is 0. The third-order valence-electron chi connectivity index (χ3n) is 1.78. The quantitative estimate of drug-likeness (QED) is 0.501. The Morgan fingerprint density at radius 3 is 2.93 bits per heavy atom. The van der Waals surface area contributed by atoms with E-state index in [-0.39, 0.29) is 12.6 Å². The smallest absolute Gasteiger partial charge is 0.462 e. The van der Waals surface area contributed by atoms with E-state index in [0.29, 0.717) is 6.42 Å². The van der Waals surface area contributed by atoms with Crippen molar-refractivity contribution in [3.63, 3.8) is 0 Å². The lowest BCUT2D eigenvalue weighted by Crippen LogP contribution is -2.27. The van der Waals surface area contributed by atoms with Crippen LogP contribution in [0.5, 0.6) is 0 Å². The molecule has 0 aliphatic carbocycles. The minimum absolute atomic E-state index is 0.00903. The minimum atomic E-state index is -0.757. The van der Waals surface area contributed by atoms with Crippen LogP contribution in [-0.4, -0.2) is 30.9 Å². The number of carbonyl (C=O) groups excluding carboxylic acids is 2. The fourth-order valence-corrected chi connectivity index (χ4v) is 1.01. The molecule has 0 radical (unpaired) electrons. The zero-order valence-electron chi connectivity index (χ0n) is 7.89. The summed E-state index contributed by atoms with van der Waals surface area (Å²) in [6.45, 7) is 5.17. The molecule has 0 bridgehead atoms. The summed E-state index contributed by atoms with van der Waals surface area (Å²) in [6.07, 6.45) is -0.134. The highest BCUT2D eigenvalue weighted by Gasteiger charge is 2.35. The SMILES string of the molecule is C=CC1OC(=O)OC1COC(=O)CC. The molecule has 2 atom stereocenters. The normalized spacial score (nSPS) is 25.1. The van der Waals surface area contributed by atoms with Crippen molar-refractivity contribution in [2.75, 3.05) is 6.61 Å². The van der Waals surface area contributed by atoms with Crippen molar-refractivity contribution >= 4 is 12.1 Å². The molecule has 1 fully saturated rings. The van der Waals surface area contributed by atoms with Gasteiger partial charge in [0, 0.05) is 6.42 Å². The van der Waals surface area contributed by atoms with Crippen LogP contribution in [0.2, 0.25) is 0 Å². The molecule has 0 aromatic heterocycles. The zero-order valence-corrected chi connectivity index (χ0v) is 7.89. The molecule has 78 valence electrons. The fourth-order valence-electron chi connectivity index (χ4n) is 1.01. The van der Waals surface area contributed by atoms with E-state index < -0.39 is 18.4 Å². The van der Waals surface area contributed by atoms with Crippen molar-refractivity contribution < 1.29 is 23.8 Å². The number of cyclic esters (lactones) is 2. The van der Waals surface area contributed by atoms with Crippen molar-refractivity contribution in [3.05, 3.63) is 12.7 Å². The second kappa shape index (κ2) is 4.64. The second-order valence-corrected chi connectivity index (χ2v) is 2.76. The Kier molecular flexibility index (Phi) is 3.50. The molecule has 0 amide bonds. The van der Waals surface area contributed by atoms with Crippen LogP contribution in [-0.2, 0) is 19.0 Å². The van der Waals surface area contributed by atoms with Crippen LogP contribution in [0.15, 0.2) is 12.7 Å². The Labute approximate surface area is 81.6 Å². The standard InChI is InChI=1S/C9H12O5/c1-3-6-7(14-9(11)13-6)5-12-8(10)4-2/h3,6-7H,1,4-5H2,2H3. The van der Waals surface area contributed by atoms with Gasteiger partial charge in [-0.1, -0.05) is 13.5 Å². The maximum absolute atomic E-state index is 10.8. The molecule has 14 heavy (non-hydrogen) atoms. The van der Waals surface area contributed by atoms with Crippen molar-refractivity contribution in [1.29, 1.82) is 0 Å². The monoisotopic (exact) mass is 200 g/mol. The number of rotatable bonds is 4. The van der Waals surface area contributed by atoms with Gasteiger partial charge in [-0.15, -0.1) is 0 Å². The van der Waals surface area contributed by atoms with Gasteiger partial charge in [-0.25, -0.2) is 4.79 Å². The topological polar surface area (TPSA) is 61.8 Å². The molecule has 0 aromatic carbocycles. The molecule has 2 unspecified atom stereocenters. The first-order valence-electron chi connectivity index (χ1n) is 4.32. The molecule has 1 heterocycles. The molecule has 1 saturated heterocycles. The molecule has 0 aromatic rings. The Morgan fingerprint density at radius 1 is 1.64 bits per heavy atom. The highest BCUT2D eigenvalue weighted by Crippen LogP contribution is 2.16. The number of hydrogen-bond acceptors (Lipinski definition) is 5. The largest absolute Gasteiger partial charge is 0.509 e. The van der Waals surface area contributed by atoms with E-state index in [1.807, 2.05) is 0 Å². The van der Waals surface area contributed by atoms with Crippen LogP contribution in [0.3, 0.4) is 0 Å². The van der Waals surface area contributed by atoms with E-state index >= 15 is 0 Å². The van der Waals surface area contributed by atoms with Crippen molar-refractivity contribution in [3.8, 4) is 0 Å². The van der Waals surface area contributed by atoms with Gasteiger partial charge in [0.1, 0.15) is 6.61 Å². The molecule has 1 rings (SSSR count). The van der Waals surface area contributed by atoms with Crippen LogP contribution in [0.4, 0.5) is 4.79 Å². The maximum atomic E-state index is 10.8. The molecular formula is C9H12O5. The Morgan fingerprint density at radius 2 is 2.36 bits per heavy atom. The summed E-state index contributed by atoms with van der Waals surface area (Å²) in [4.78, 5) is 21.5. The lowest BCUT2D eigenvalue weighted by molar-refractivity contribution is -0.145. The number of carbonyl (C=O) groups is 2. The lowest BCUT2D eigenvalue weighted by Gasteiger charge is -2.11. The minimum Gasteiger partial charge on any atom is -0.462 e. The van der Waals surface area contributed by atoms with Gasteiger partial charge in [0.05, 0.1) is 0 Å². The molecule has 0 saturated carbocycles. The van der Waals surface area contributed by atoms with E-state index in [1.54, 1.807) is 6.92 Å². The summed E-state index contributed by atoms with van der Waals surface area (Å²) < 4.78 is 14.3. The van der Waals surface area contributed by atoms with E-state index in [1.165, 1.54) is 6.08 Å². The van der Waals surface area contributed by atoms with Crippen LogP contribution in [0.1, 0.15) is 13.3 Å². The highest BCUT2D eigenvalue weighted by atomic mass is 16.8. The Bertz CT molecular complexity index is 248. The third kappa shape index (κ3) is 2.48. The molecule has 0 spiro atoms. The zero-order chi connectivity index (χ0) is 10.6. The van der Waals surface area contributed by atoms with Crippen LogP contribution in [0, 0.1) is 0 Å². The third-order valence-corrected chi connectivity index (χ3v) is 1.78. The first kappa shape index (κ1) is 10.6. The van der Waals surface area contributed by atoms with Gasteiger partial charge in [0.25, 0.3) is 0 Å². The van der Waals surface area contributed by atoms with Crippen LogP contribution < -0.4 is 0 Å². The van der Waals surface area contributed by atoms with E-state index in [9.17, 15) is 9.59 Å². The van der Waals surface area contributed by atoms with Crippen LogP contribution in [0.25, 0.3) is 0 Å². The summed E-state index contributed by atoms with van der Waals surface area (Å²) in [5, 5.41) is 0. The van der Waals surface area contributed by atoms with Gasteiger partial charge in [0.15, 0.2) is 12.2 Å². The number of hydrogen-bond donors (Lipinski definition) is 0. The predicted octanol–water partition coefficient (Wildman–Crippen LogP) is 1.03. The molecular weight excluding hydrogens is 188 g/mol. The Balaban J connectivity index is 2.39. The summed E-state index contributed by atoms with van der Waals surface area (Å²) in [5.74, 6) is -0.337. The van der Waals surface area contributed by atoms with Crippen molar-refractivity contribution in [2.24, 2.45) is 0 Å². The average Bonchev–Trinajstić information content (AvgIpc) is 2.55. The molecule has 1 aliphatic heterocycles. The number of ether oxygens (including phenoxy) is 3. The van der Waals surface area contributed by atoms with Gasteiger partial charge < -0.3 is 14.2 Å². The molecule has 5 nitrogen and oxygen atoms in total. The fraction of sp³-hybridized carbons (Fsp3) is 0.556. The van der Waals surface area contributed by atoms with Crippen molar-refractivity contribution in [2.45, 2.75) is 25.6 Å². The average molecular weight is 200 g/mol. The highest BCUT2D eigenvalue weighted by molar-refractivity contribution is 5.69. The summed E-state index contributed by atoms with van der Waals surface area (Å²) in [6, 6.07) is 0. The Hall–Kier alpha value is -1.52. The van der Waals surface area contributed by atoms with Gasteiger partial charge in [-0.3, -0.25) is 4.79 Å². The van der Waals surface area contributed by atoms with E-state index in [0.717, 1.165) is 0 Å². The lowest BCUT2D eigenvalue weighted by atomic mass is 10.2. The predicted molar refractivity (Wildman–Crippen MR) is 46.6 cm³/mol. The van der Waals surface area contributed by atoms with Crippen LogP contribution >= 0.6 is 0 Å². The molecule has 0 N–H and O–H groups in total. The van der Waals surface area contributed by atoms with Gasteiger partial charge in [0.2, 0.25) is 0 Å². The summed E-state index contributed by atoms with van der Waals surface area (Å²) >= 11 is 0. The first-order valence-corrected chi connectivity index (χ1v) is 4.32. The van der Waals surface area contributed by atoms with Gasteiger partial charge in [-0.2, -0.15) is 0 Å². The second-order valence-electron chi connectivity index (χ2n) is 2.76. The van der Waals surface area contributed by atoms with Crippen molar-refractivity contribution in [1.82, 2.24) is 0 Å². The molecule has 5 heteroatoms. The number of esters is 1. The van der Waals surface area contributed by atoms with Gasteiger partial charge >= 0.3 is 12.1 Å². The first-order chi connectivity index (χ1) is 6.67. The summed E-state index contributed by atoms with van der Waals surface area (Å²) in [5.41, 5.74) is 0.